The van der Waals surface area contributed by atoms with E-state index in [4.69, 9.17) is 0 Å². The van der Waals surface area contributed by atoms with Gasteiger partial charge in [-0.3, -0.25) is 14.9 Å². The Morgan fingerprint density at radius 3 is 1.88 bits per heavy atom. The number of imide groups is 4. The molecule has 3 rings (SSSR count). The van der Waals surface area contributed by atoms with E-state index in [9.17, 15) is 39.5 Å². The first-order chi connectivity index (χ1) is 14.5. The van der Waals surface area contributed by atoms with Crippen molar-refractivity contribution in [2.75, 3.05) is 0 Å². The van der Waals surface area contributed by atoms with Crippen LogP contribution in [-0.2, 0) is 4.79 Å². The van der Waals surface area contributed by atoms with Crippen LogP contribution < -0.4 is 0 Å². The molecule has 1 fully saturated rings. The van der Waals surface area contributed by atoms with Gasteiger partial charge in [0.05, 0.1) is 4.92 Å². The molecule has 3 atom stereocenters. The number of carbonyl (C=O) groups excluding carboxylic acids is 2. The number of fused-ring (bicyclic) bond motifs is 1. The van der Waals surface area contributed by atoms with Gasteiger partial charge in [-0.15, -0.1) is 0 Å². The van der Waals surface area contributed by atoms with E-state index >= 15 is 0 Å². The third-order valence-electron chi connectivity index (χ3n) is 6.20. The highest BCUT2D eigenvalue weighted by Gasteiger charge is 2.75. The van der Waals surface area contributed by atoms with E-state index in [2.05, 4.69) is 0 Å². The summed E-state index contributed by atoms with van der Waals surface area (Å²) in [6, 6.07) is 2.55. The number of benzene rings is 1. The standard InChI is InChI=1S/C21H25N3O8/c1-19(2,3)13-11-8-7-10(24(31)32)9-12(11)14(20(4,5)6)21(13)15(25)22(17(27)28)16(26)23(21)18(29)30/h7-9,13-14H,1-6H3,(H,27,28)(H,29,30). The molecule has 1 aromatic carbocycles. The maximum absolute atomic E-state index is 13.8. The monoisotopic (exact) mass is 447 g/mol. The molecule has 11 heteroatoms. The second-order valence-corrected chi connectivity index (χ2v) is 10.3. The van der Waals surface area contributed by atoms with E-state index in [0.717, 1.165) is 0 Å². The first-order valence-electron chi connectivity index (χ1n) is 9.91. The van der Waals surface area contributed by atoms with E-state index in [-0.39, 0.29) is 10.6 Å². The van der Waals surface area contributed by atoms with Crippen LogP contribution in [0, 0.1) is 20.9 Å². The topological polar surface area (TPSA) is 158 Å². The molecule has 0 saturated carbocycles. The summed E-state index contributed by atoms with van der Waals surface area (Å²) in [6.45, 7) is 10.4. The van der Waals surface area contributed by atoms with Crippen molar-refractivity contribution in [3.05, 3.63) is 39.4 Å². The number of hydrogen-bond acceptors (Lipinski definition) is 6. The molecule has 172 valence electrons. The van der Waals surface area contributed by atoms with Crippen LogP contribution >= 0.6 is 0 Å². The zero-order valence-electron chi connectivity index (χ0n) is 18.6. The SMILES string of the molecule is CC(C)(C)C1c2ccc([N+](=O)[O-])cc2C(C(C)(C)C)C12C(=O)N(C(=O)O)C(=O)N2C(=O)O. The average molecular weight is 447 g/mol. The van der Waals surface area contributed by atoms with E-state index in [0.29, 0.717) is 16.0 Å². The van der Waals surface area contributed by atoms with Gasteiger partial charge in [-0.25, -0.2) is 19.3 Å². The molecule has 0 aromatic heterocycles. The fourth-order valence-electron chi connectivity index (χ4n) is 5.62. The molecule has 32 heavy (non-hydrogen) atoms. The Balaban J connectivity index is 2.53. The molecule has 2 N–H and O–H groups in total. The maximum atomic E-state index is 13.8. The van der Waals surface area contributed by atoms with Gasteiger partial charge in [0.2, 0.25) is 0 Å². The minimum Gasteiger partial charge on any atom is -0.465 e. The van der Waals surface area contributed by atoms with Crippen molar-refractivity contribution >= 4 is 29.8 Å². The van der Waals surface area contributed by atoms with Gasteiger partial charge in [0, 0.05) is 24.0 Å². The Morgan fingerprint density at radius 2 is 1.47 bits per heavy atom. The molecule has 1 saturated heterocycles. The number of rotatable bonds is 1. The molecule has 3 unspecified atom stereocenters. The third kappa shape index (κ3) is 2.87. The number of carboxylic acid groups (broad SMARTS) is 2. The number of carbonyl (C=O) groups is 4. The Bertz CT molecular complexity index is 1070. The molecule has 1 aliphatic heterocycles. The minimum absolute atomic E-state index is 0.0636. The largest absolute Gasteiger partial charge is 0.465 e. The van der Waals surface area contributed by atoms with Crippen LogP contribution in [-0.4, -0.2) is 54.6 Å². The predicted octanol–water partition coefficient (Wildman–Crippen LogP) is 4.23. The van der Waals surface area contributed by atoms with E-state index in [1.54, 1.807) is 41.5 Å². The summed E-state index contributed by atoms with van der Waals surface area (Å²) in [5.41, 5.74) is -3.27. The third-order valence-corrected chi connectivity index (χ3v) is 6.20. The van der Waals surface area contributed by atoms with Crippen LogP contribution in [0.3, 0.4) is 0 Å². The predicted molar refractivity (Wildman–Crippen MR) is 110 cm³/mol. The Labute approximate surface area is 183 Å². The van der Waals surface area contributed by atoms with Crippen molar-refractivity contribution in [2.24, 2.45) is 10.8 Å². The highest BCUT2D eigenvalue weighted by molar-refractivity contribution is 6.21. The Hall–Kier alpha value is -3.50. The molecule has 1 aromatic rings. The second kappa shape index (κ2) is 6.75. The van der Waals surface area contributed by atoms with Gasteiger partial charge in [-0.05, 0) is 22.0 Å². The number of non-ortho nitro benzene ring substituents is 1. The molecule has 0 bridgehead atoms. The number of nitro groups is 1. The van der Waals surface area contributed by atoms with Gasteiger partial charge in [0.1, 0.15) is 0 Å². The van der Waals surface area contributed by atoms with Crippen molar-refractivity contribution in [1.29, 1.82) is 0 Å². The van der Waals surface area contributed by atoms with Crippen molar-refractivity contribution < 1.29 is 34.3 Å². The van der Waals surface area contributed by atoms with Gasteiger partial charge in [-0.2, -0.15) is 4.90 Å². The number of hydrogen-bond donors (Lipinski definition) is 2. The zero-order valence-corrected chi connectivity index (χ0v) is 18.6. The average Bonchev–Trinajstić information content (AvgIpc) is 3.02. The van der Waals surface area contributed by atoms with Crippen LogP contribution in [0.25, 0.3) is 0 Å². The van der Waals surface area contributed by atoms with Crippen LogP contribution in [0.15, 0.2) is 18.2 Å². The van der Waals surface area contributed by atoms with Gasteiger partial charge in [0.25, 0.3) is 11.6 Å². The minimum atomic E-state index is -2.13. The van der Waals surface area contributed by atoms with Gasteiger partial charge >= 0.3 is 18.2 Å². The number of nitrogens with zero attached hydrogens (tertiary/aromatic N) is 3. The van der Waals surface area contributed by atoms with Gasteiger partial charge in [0.15, 0.2) is 5.54 Å². The molecule has 2 aliphatic rings. The van der Waals surface area contributed by atoms with E-state index < -0.39 is 57.3 Å². The van der Waals surface area contributed by atoms with Crippen molar-refractivity contribution in [1.82, 2.24) is 9.80 Å². The van der Waals surface area contributed by atoms with Crippen LogP contribution in [0.4, 0.5) is 20.1 Å². The lowest BCUT2D eigenvalue weighted by atomic mass is 9.61. The number of urea groups is 1. The van der Waals surface area contributed by atoms with Crippen LogP contribution in [0.2, 0.25) is 0 Å². The highest BCUT2D eigenvalue weighted by atomic mass is 16.6. The normalized spacial score (nSPS) is 25.4. The summed E-state index contributed by atoms with van der Waals surface area (Å²) >= 11 is 0. The van der Waals surface area contributed by atoms with Gasteiger partial charge in [-0.1, -0.05) is 47.6 Å². The molecule has 5 amide bonds. The quantitative estimate of drug-likeness (QED) is 0.368. The Kier molecular flexibility index (Phi) is 4.89. The van der Waals surface area contributed by atoms with Crippen molar-refractivity contribution in [3.63, 3.8) is 0 Å². The smallest absolute Gasteiger partial charge is 0.422 e. The van der Waals surface area contributed by atoms with Crippen molar-refractivity contribution in [3.8, 4) is 0 Å². The van der Waals surface area contributed by atoms with E-state index in [1.807, 2.05) is 0 Å². The van der Waals surface area contributed by atoms with Crippen molar-refractivity contribution in [2.45, 2.75) is 58.9 Å². The first-order valence-corrected chi connectivity index (χ1v) is 9.91. The molecule has 0 radical (unpaired) electrons. The summed E-state index contributed by atoms with van der Waals surface area (Å²) < 4.78 is 0. The lowest BCUT2D eigenvalue weighted by Gasteiger charge is -2.47. The van der Waals surface area contributed by atoms with Crippen LogP contribution in [0.1, 0.15) is 64.5 Å². The molecular formula is C21H25N3O8. The fraction of sp³-hybridized carbons (Fsp3) is 0.524. The van der Waals surface area contributed by atoms with E-state index in [1.165, 1.54) is 18.2 Å². The fourth-order valence-corrected chi connectivity index (χ4v) is 5.62. The Morgan fingerprint density at radius 1 is 0.969 bits per heavy atom. The summed E-state index contributed by atoms with van der Waals surface area (Å²) in [7, 11) is 0. The van der Waals surface area contributed by atoms with Crippen LogP contribution in [0.5, 0.6) is 0 Å². The summed E-state index contributed by atoms with van der Waals surface area (Å²) in [6.07, 6.45) is -3.65. The summed E-state index contributed by atoms with van der Waals surface area (Å²) in [4.78, 5) is 62.1. The molecule has 1 aliphatic carbocycles. The first kappa shape index (κ1) is 23.2. The number of amides is 5. The lowest BCUT2D eigenvalue weighted by molar-refractivity contribution is -0.384. The maximum Gasteiger partial charge on any atom is 0.422 e. The zero-order chi connectivity index (χ0) is 24.5. The number of nitro benzene ring substituents is 1. The molecule has 1 heterocycles. The molecule has 11 nitrogen and oxygen atoms in total. The highest BCUT2D eigenvalue weighted by Crippen LogP contribution is 2.66. The lowest BCUT2D eigenvalue weighted by Crippen LogP contribution is -2.61. The molecular weight excluding hydrogens is 422 g/mol. The van der Waals surface area contributed by atoms with Gasteiger partial charge < -0.3 is 10.2 Å². The summed E-state index contributed by atoms with van der Waals surface area (Å²) in [5.74, 6) is -3.16. The summed E-state index contributed by atoms with van der Waals surface area (Å²) in [5, 5.41) is 31.1. The second-order valence-electron chi connectivity index (χ2n) is 10.3. The molecule has 1 spiro atoms.